The zero-order valence-electron chi connectivity index (χ0n) is 16.0. The van der Waals surface area contributed by atoms with E-state index in [4.69, 9.17) is 5.73 Å². The molecule has 1 unspecified atom stereocenters. The number of rotatable bonds is 10. The predicted molar refractivity (Wildman–Crippen MR) is 112 cm³/mol. The highest BCUT2D eigenvalue weighted by molar-refractivity contribution is 7.98. The van der Waals surface area contributed by atoms with Crippen LogP contribution >= 0.6 is 11.8 Å². The summed E-state index contributed by atoms with van der Waals surface area (Å²) in [4.78, 5) is 28.1. The van der Waals surface area contributed by atoms with Crippen LogP contribution < -0.4 is 21.3 Å². The molecule has 4 N–H and O–H groups in total. The first-order valence-electron chi connectivity index (χ1n) is 9.45. The van der Waals surface area contributed by atoms with Gasteiger partial charge in [0.2, 0.25) is 5.91 Å². The lowest BCUT2D eigenvalue weighted by Gasteiger charge is -2.36. The van der Waals surface area contributed by atoms with Gasteiger partial charge in [0.15, 0.2) is 0 Å². The molecule has 0 spiro atoms. The van der Waals surface area contributed by atoms with E-state index in [1.807, 2.05) is 12.3 Å². The van der Waals surface area contributed by atoms with Gasteiger partial charge in [0.25, 0.3) is 0 Å². The fraction of sp³-hybridized carbons (Fsp3) is 0.579. The largest absolute Gasteiger partial charge is 0.369 e. The molecule has 1 aromatic rings. The van der Waals surface area contributed by atoms with Crippen molar-refractivity contribution in [2.75, 3.05) is 56.2 Å². The van der Waals surface area contributed by atoms with Crippen LogP contribution in [0.1, 0.15) is 12.8 Å². The first-order valence-corrected chi connectivity index (χ1v) is 10.8. The summed E-state index contributed by atoms with van der Waals surface area (Å²) in [6, 6.07) is 9.28. The third-order valence-corrected chi connectivity index (χ3v) is 5.33. The van der Waals surface area contributed by atoms with Gasteiger partial charge in [-0.15, -0.1) is 0 Å². The maximum absolute atomic E-state index is 12.2. The minimum atomic E-state index is -0.660. The summed E-state index contributed by atoms with van der Waals surface area (Å²) in [6.07, 6.45) is 3.44. The summed E-state index contributed by atoms with van der Waals surface area (Å²) < 4.78 is 0. The van der Waals surface area contributed by atoms with Gasteiger partial charge in [-0.1, -0.05) is 18.2 Å². The number of hydrogen-bond donors (Lipinski definition) is 3. The quantitative estimate of drug-likeness (QED) is 0.518. The molecule has 1 aliphatic heterocycles. The Morgan fingerprint density at radius 2 is 1.89 bits per heavy atom. The standard InChI is InChI=1S/C19H31N5O2S/c1-27-15-8-17(22-19(20)26)18(25)21-9-5-10-23-11-13-24(14-12-23)16-6-3-2-4-7-16/h2-4,6-7,17H,5,8-15H2,1H3,(H,21,25)(H3,20,22,26). The Hall–Kier alpha value is -1.93. The molecule has 150 valence electrons. The number of nitrogens with zero attached hydrogens (tertiary/aromatic N) is 2. The summed E-state index contributed by atoms with van der Waals surface area (Å²) >= 11 is 1.64. The molecular weight excluding hydrogens is 362 g/mol. The van der Waals surface area contributed by atoms with E-state index in [1.165, 1.54) is 5.69 Å². The summed E-state index contributed by atoms with van der Waals surface area (Å²) in [7, 11) is 0. The van der Waals surface area contributed by atoms with E-state index >= 15 is 0 Å². The van der Waals surface area contributed by atoms with E-state index in [1.54, 1.807) is 11.8 Å². The monoisotopic (exact) mass is 393 g/mol. The number of carbonyl (C=O) groups excluding carboxylic acids is 2. The first-order chi connectivity index (χ1) is 13.1. The van der Waals surface area contributed by atoms with E-state index in [2.05, 4.69) is 44.7 Å². The van der Waals surface area contributed by atoms with E-state index in [9.17, 15) is 9.59 Å². The van der Waals surface area contributed by atoms with Crippen LogP contribution in [0.25, 0.3) is 0 Å². The molecule has 2 rings (SSSR count). The molecule has 1 aliphatic rings. The van der Waals surface area contributed by atoms with Crippen LogP contribution in [-0.2, 0) is 4.79 Å². The van der Waals surface area contributed by atoms with Crippen LogP contribution in [0.15, 0.2) is 30.3 Å². The number of hydrogen-bond acceptors (Lipinski definition) is 5. The molecule has 7 nitrogen and oxygen atoms in total. The fourth-order valence-electron chi connectivity index (χ4n) is 3.18. The zero-order chi connectivity index (χ0) is 19.5. The van der Waals surface area contributed by atoms with E-state index in [0.717, 1.165) is 44.9 Å². The average Bonchev–Trinajstić information content (AvgIpc) is 2.69. The van der Waals surface area contributed by atoms with E-state index in [-0.39, 0.29) is 5.91 Å². The number of amides is 3. The number of urea groups is 1. The third-order valence-electron chi connectivity index (χ3n) is 4.69. The number of benzene rings is 1. The summed E-state index contributed by atoms with van der Waals surface area (Å²) in [6.45, 7) is 5.67. The second kappa shape index (κ2) is 11.7. The van der Waals surface area contributed by atoms with Gasteiger partial charge in [0, 0.05) is 38.4 Å². The molecular formula is C19H31N5O2S. The lowest BCUT2D eigenvalue weighted by molar-refractivity contribution is -0.122. The number of thioether (sulfide) groups is 1. The molecule has 27 heavy (non-hydrogen) atoms. The zero-order valence-corrected chi connectivity index (χ0v) is 16.8. The highest BCUT2D eigenvalue weighted by Gasteiger charge is 2.19. The molecule has 0 saturated carbocycles. The number of para-hydroxylation sites is 1. The molecule has 1 saturated heterocycles. The third kappa shape index (κ3) is 7.68. The van der Waals surface area contributed by atoms with E-state index < -0.39 is 12.1 Å². The highest BCUT2D eigenvalue weighted by atomic mass is 32.2. The molecule has 1 atom stereocenters. The van der Waals surface area contributed by atoms with Crippen molar-refractivity contribution in [3.63, 3.8) is 0 Å². The van der Waals surface area contributed by atoms with Crippen LogP contribution in [0.3, 0.4) is 0 Å². The number of primary amides is 1. The number of nitrogens with two attached hydrogens (primary N) is 1. The molecule has 0 bridgehead atoms. The van der Waals surface area contributed by atoms with Crippen molar-refractivity contribution in [2.24, 2.45) is 5.73 Å². The Balaban J connectivity index is 1.63. The Morgan fingerprint density at radius 1 is 1.19 bits per heavy atom. The van der Waals surface area contributed by atoms with Gasteiger partial charge >= 0.3 is 6.03 Å². The predicted octanol–water partition coefficient (Wildman–Crippen LogP) is 1.10. The lowest BCUT2D eigenvalue weighted by atomic mass is 10.2. The van der Waals surface area contributed by atoms with Crippen molar-refractivity contribution in [1.82, 2.24) is 15.5 Å². The summed E-state index contributed by atoms with van der Waals surface area (Å²) in [5, 5.41) is 5.44. The topological polar surface area (TPSA) is 90.7 Å². The van der Waals surface area contributed by atoms with Crippen LogP contribution in [0.5, 0.6) is 0 Å². The molecule has 0 aromatic heterocycles. The fourth-order valence-corrected chi connectivity index (χ4v) is 3.65. The second-order valence-electron chi connectivity index (χ2n) is 6.65. The lowest BCUT2D eigenvalue weighted by Crippen LogP contribution is -2.49. The van der Waals surface area contributed by atoms with E-state index in [0.29, 0.717) is 13.0 Å². The van der Waals surface area contributed by atoms with Crippen LogP contribution in [0.2, 0.25) is 0 Å². The molecule has 8 heteroatoms. The number of piperazine rings is 1. The Bertz CT molecular complexity index is 579. The van der Waals surface area contributed by atoms with Gasteiger partial charge in [-0.3, -0.25) is 9.69 Å². The maximum Gasteiger partial charge on any atom is 0.312 e. The van der Waals surface area contributed by atoms with Gasteiger partial charge < -0.3 is 21.3 Å². The van der Waals surface area contributed by atoms with Crippen molar-refractivity contribution in [2.45, 2.75) is 18.9 Å². The average molecular weight is 394 g/mol. The number of carbonyl (C=O) groups is 2. The minimum absolute atomic E-state index is 0.156. The number of nitrogens with one attached hydrogen (secondary N) is 2. The molecule has 3 amide bonds. The van der Waals surface area contributed by atoms with Crippen molar-refractivity contribution >= 4 is 29.4 Å². The highest BCUT2D eigenvalue weighted by Crippen LogP contribution is 2.15. The van der Waals surface area contributed by atoms with Crippen molar-refractivity contribution in [3.8, 4) is 0 Å². The van der Waals surface area contributed by atoms with Gasteiger partial charge in [0.05, 0.1) is 0 Å². The smallest absolute Gasteiger partial charge is 0.312 e. The molecule has 0 radical (unpaired) electrons. The molecule has 1 fully saturated rings. The molecule has 1 heterocycles. The van der Waals surface area contributed by atoms with Gasteiger partial charge in [-0.25, -0.2) is 4.79 Å². The Morgan fingerprint density at radius 3 is 2.52 bits per heavy atom. The summed E-state index contributed by atoms with van der Waals surface area (Å²) in [5.74, 6) is 0.640. The molecule has 1 aromatic carbocycles. The Kier molecular flexibility index (Phi) is 9.27. The van der Waals surface area contributed by atoms with Gasteiger partial charge in [0.1, 0.15) is 6.04 Å². The molecule has 0 aliphatic carbocycles. The van der Waals surface area contributed by atoms with Gasteiger partial charge in [-0.05, 0) is 43.5 Å². The normalized spacial score (nSPS) is 16.0. The number of anilines is 1. The summed E-state index contributed by atoms with van der Waals surface area (Å²) in [5.41, 5.74) is 6.44. The van der Waals surface area contributed by atoms with Crippen LogP contribution in [0, 0.1) is 0 Å². The SMILES string of the molecule is CSCCC(NC(N)=O)C(=O)NCCCN1CCN(c2ccccc2)CC1. The Labute approximate surface area is 166 Å². The minimum Gasteiger partial charge on any atom is -0.369 e. The second-order valence-corrected chi connectivity index (χ2v) is 7.64. The van der Waals surface area contributed by atoms with Crippen LogP contribution in [0.4, 0.5) is 10.5 Å². The van der Waals surface area contributed by atoms with Crippen molar-refractivity contribution in [1.29, 1.82) is 0 Å². The van der Waals surface area contributed by atoms with Crippen molar-refractivity contribution in [3.05, 3.63) is 30.3 Å². The van der Waals surface area contributed by atoms with Gasteiger partial charge in [-0.2, -0.15) is 11.8 Å². The maximum atomic E-state index is 12.2. The van der Waals surface area contributed by atoms with Crippen molar-refractivity contribution < 1.29 is 9.59 Å². The first kappa shape index (κ1) is 21.4. The van der Waals surface area contributed by atoms with Crippen LogP contribution in [-0.4, -0.2) is 74.2 Å².